The van der Waals surface area contributed by atoms with Gasteiger partial charge in [-0.15, -0.1) is 0 Å². The molecule has 0 radical (unpaired) electrons. The van der Waals surface area contributed by atoms with Crippen LogP contribution in [0.5, 0.6) is 0 Å². The molecule has 2 heterocycles. The van der Waals surface area contributed by atoms with Gasteiger partial charge in [-0.3, -0.25) is 4.99 Å². The molecule has 0 amide bonds. The molecule has 2 fully saturated rings. The smallest absolute Gasteiger partial charge is 0.359 e. The average molecular weight is 428 g/mol. The molecule has 3 aliphatic rings. The number of nitrogens with two attached hydrogens (primary N) is 1. The van der Waals surface area contributed by atoms with Crippen LogP contribution in [0.4, 0.5) is 27.6 Å². The van der Waals surface area contributed by atoms with Gasteiger partial charge < -0.3 is 16.0 Å². The van der Waals surface area contributed by atoms with Gasteiger partial charge in [0.1, 0.15) is 6.04 Å². The normalized spacial score (nSPS) is 25.1. The van der Waals surface area contributed by atoms with Gasteiger partial charge in [-0.1, -0.05) is 18.7 Å². The van der Waals surface area contributed by atoms with E-state index in [1.54, 1.807) is 4.90 Å². The van der Waals surface area contributed by atoms with Crippen LogP contribution in [0.2, 0.25) is 0 Å². The van der Waals surface area contributed by atoms with Crippen molar-refractivity contribution >= 4 is 11.4 Å². The molecule has 164 valence electrons. The predicted octanol–water partition coefficient (Wildman–Crippen LogP) is 4.28. The monoisotopic (exact) mass is 428 g/mol. The molecule has 2 aliphatic heterocycles. The zero-order chi connectivity index (χ0) is 21.7. The highest BCUT2D eigenvalue weighted by molar-refractivity contribution is 5.98. The Morgan fingerprint density at radius 1 is 1.27 bits per heavy atom. The number of alkyl halides is 5. The van der Waals surface area contributed by atoms with Crippen LogP contribution >= 0.6 is 0 Å². The highest BCUT2D eigenvalue weighted by Crippen LogP contribution is 2.39. The zero-order valence-electron chi connectivity index (χ0n) is 16.5. The number of rotatable bonds is 4. The predicted molar refractivity (Wildman–Crippen MR) is 105 cm³/mol. The van der Waals surface area contributed by atoms with E-state index in [1.807, 2.05) is 18.2 Å². The lowest BCUT2D eigenvalue weighted by Gasteiger charge is -2.32. The van der Waals surface area contributed by atoms with Crippen LogP contribution in [0, 0.1) is 5.92 Å². The standard InChI is InChI=1S/C21H25F5N4/c1-12-28-18(21(24,25)26)11-30(12)10-13-2-3-15-9-17(29-16(15)8-13)19(27)14-4-6-20(22,23)7-5-14/h2-3,8,14,18-19,28H,1,4-7,9-11,27H2/t18?,19-/m0/s1. The summed E-state index contributed by atoms with van der Waals surface area (Å²) in [6.45, 7) is 3.79. The number of aliphatic imine (C=N–C) groups is 1. The molecule has 1 saturated heterocycles. The Morgan fingerprint density at radius 3 is 2.60 bits per heavy atom. The minimum absolute atomic E-state index is 0.00421. The maximum Gasteiger partial charge on any atom is 0.410 e. The second kappa shape index (κ2) is 7.51. The summed E-state index contributed by atoms with van der Waals surface area (Å²) in [5, 5.41) is 2.39. The Hall–Kier alpha value is -2.16. The van der Waals surface area contributed by atoms with Gasteiger partial charge in [0.2, 0.25) is 5.92 Å². The summed E-state index contributed by atoms with van der Waals surface area (Å²) >= 11 is 0. The Morgan fingerprint density at radius 2 is 1.97 bits per heavy atom. The number of halogens is 5. The third-order valence-electron chi connectivity index (χ3n) is 6.33. The van der Waals surface area contributed by atoms with Crippen molar-refractivity contribution < 1.29 is 22.0 Å². The van der Waals surface area contributed by atoms with E-state index in [4.69, 9.17) is 5.73 Å². The van der Waals surface area contributed by atoms with Gasteiger partial charge >= 0.3 is 6.18 Å². The summed E-state index contributed by atoms with van der Waals surface area (Å²) < 4.78 is 65.6. The lowest BCUT2D eigenvalue weighted by molar-refractivity contribution is -0.150. The first kappa shape index (κ1) is 21.1. The maximum absolute atomic E-state index is 13.4. The molecule has 2 atom stereocenters. The summed E-state index contributed by atoms with van der Waals surface area (Å²) in [5.74, 6) is -2.35. The molecule has 4 rings (SSSR count). The molecular formula is C21H25F5N4. The third kappa shape index (κ3) is 4.31. The average Bonchev–Trinajstić information content (AvgIpc) is 3.24. The molecule has 1 aromatic carbocycles. The largest absolute Gasteiger partial charge is 0.410 e. The summed E-state index contributed by atoms with van der Waals surface area (Å²) in [7, 11) is 0. The minimum Gasteiger partial charge on any atom is -0.359 e. The molecule has 30 heavy (non-hydrogen) atoms. The number of hydrogen-bond acceptors (Lipinski definition) is 4. The highest BCUT2D eigenvalue weighted by Gasteiger charge is 2.45. The second-order valence-corrected chi connectivity index (χ2v) is 8.53. The summed E-state index contributed by atoms with van der Waals surface area (Å²) in [5.41, 5.74) is 9.73. The Kier molecular flexibility index (Phi) is 5.28. The molecule has 0 spiro atoms. The first-order valence-corrected chi connectivity index (χ1v) is 10.1. The van der Waals surface area contributed by atoms with Crippen LogP contribution in [-0.4, -0.2) is 41.3 Å². The lowest BCUT2D eigenvalue weighted by Crippen LogP contribution is -2.41. The van der Waals surface area contributed by atoms with Crippen molar-refractivity contribution in [1.29, 1.82) is 0 Å². The molecule has 1 saturated carbocycles. The third-order valence-corrected chi connectivity index (χ3v) is 6.33. The number of nitrogens with one attached hydrogen (secondary N) is 1. The van der Waals surface area contributed by atoms with Crippen molar-refractivity contribution in [2.75, 3.05) is 6.54 Å². The molecule has 0 aromatic heterocycles. The van der Waals surface area contributed by atoms with E-state index in [0.717, 1.165) is 22.5 Å². The molecule has 0 bridgehead atoms. The molecule has 4 nitrogen and oxygen atoms in total. The van der Waals surface area contributed by atoms with Gasteiger partial charge in [0.25, 0.3) is 0 Å². The Balaban J connectivity index is 1.42. The van der Waals surface area contributed by atoms with Gasteiger partial charge in [0.05, 0.1) is 11.5 Å². The first-order valence-electron chi connectivity index (χ1n) is 10.1. The van der Waals surface area contributed by atoms with Crippen LogP contribution in [0.15, 0.2) is 35.6 Å². The zero-order valence-corrected chi connectivity index (χ0v) is 16.5. The molecule has 9 heteroatoms. The number of benzene rings is 1. The van der Waals surface area contributed by atoms with E-state index in [1.165, 1.54) is 0 Å². The van der Waals surface area contributed by atoms with E-state index >= 15 is 0 Å². The van der Waals surface area contributed by atoms with Crippen molar-refractivity contribution in [1.82, 2.24) is 10.2 Å². The second-order valence-electron chi connectivity index (χ2n) is 8.53. The SMILES string of the molecule is C=C1NC(C(F)(F)F)CN1Cc1ccc2c(c1)N=C([C@@H](N)C1CCC(F)(F)CC1)C2. The number of fused-ring (bicyclic) bond motifs is 1. The van der Waals surface area contributed by atoms with E-state index in [9.17, 15) is 22.0 Å². The summed E-state index contributed by atoms with van der Waals surface area (Å²) in [6, 6.07) is 3.67. The van der Waals surface area contributed by atoms with Crippen molar-refractivity contribution in [3.63, 3.8) is 0 Å². The fourth-order valence-electron chi connectivity index (χ4n) is 4.47. The highest BCUT2D eigenvalue weighted by atomic mass is 19.4. The van der Waals surface area contributed by atoms with Crippen LogP contribution in [-0.2, 0) is 13.0 Å². The van der Waals surface area contributed by atoms with Crippen LogP contribution in [0.25, 0.3) is 0 Å². The fraction of sp³-hybridized carbons (Fsp3) is 0.571. The molecule has 1 aliphatic carbocycles. The van der Waals surface area contributed by atoms with Gasteiger partial charge in [-0.2, -0.15) is 13.2 Å². The quantitative estimate of drug-likeness (QED) is 0.704. The fourth-order valence-corrected chi connectivity index (χ4v) is 4.47. The van der Waals surface area contributed by atoms with Crippen molar-refractivity contribution in [2.24, 2.45) is 16.6 Å². The molecule has 1 aromatic rings. The Bertz CT molecular complexity index is 853. The van der Waals surface area contributed by atoms with Gasteiger partial charge in [-0.25, -0.2) is 8.78 Å². The van der Waals surface area contributed by atoms with Crippen LogP contribution in [0.1, 0.15) is 36.8 Å². The van der Waals surface area contributed by atoms with Crippen molar-refractivity contribution in [3.8, 4) is 0 Å². The van der Waals surface area contributed by atoms with Crippen molar-refractivity contribution in [3.05, 3.63) is 41.7 Å². The number of hydrogen-bond donors (Lipinski definition) is 2. The van der Waals surface area contributed by atoms with E-state index < -0.39 is 18.1 Å². The van der Waals surface area contributed by atoms with Gasteiger partial charge in [0, 0.05) is 44.1 Å². The van der Waals surface area contributed by atoms with Crippen LogP contribution < -0.4 is 11.1 Å². The molecular weight excluding hydrogens is 403 g/mol. The Labute approximate surface area is 172 Å². The molecule has 1 unspecified atom stereocenters. The van der Waals surface area contributed by atoms with E-state index in [2.05, 4.69) is 16.9 Å². The van der Waals surface area contributed by atoms with Crippen LogP contribution in [0.3, 0.4) is 0 Å². The van der Waals surface area contributed by atoms with E-state index in [-0.39, 0.29) is 37.2 Å². The number of nitrogens with zero attached hydrogens (tertiary/aromatic N) is 2. The topological polar surface area (TPSA) is 53.6 Å². The minimum atomic E-state index is -4.33. The molecule has 3 N–H and O–H groups in total. The van der Waals surface area contributed by atoms with Gasteiger partial charge in [-0.05, 0) is 36.0 Å². The van der Waals surface area contributed by atoms with E-state index in [0.29, 0.717) is 25.8 Å². The maximum atomic E-state index is 13.4. The first-order chi connectivity index (χ1) is 14.0. The summed E-state index contributed by atoms with van der Waals surface area (Å²) in [4.78, 5) is 6.20. The summed E-state index contributed by atoms with van der Waals surface area (Å²) in [6.07, 6.45) is -3.24. The lowest BCUT2D eigenvalue weighted by atomic mass is 9.80. The van der Waals surface area contributed by atoms with Crippen molar-refractivity contribution in [2.45, 2.75) is 62.8 Å². The van der Waals surface area contributed by atoms with Gasteiger partial charge in [0.15, 0.2) is 0 Å².